The molecule has 0 aliphatic heterocycles. The highest BCUT2D eigenvalue weighted by atomic mass is 16.7. The van der Waals surface area contributed by atoms with Crippen molar-refractivity contribution in [2.45, 2.75) is 84.3 Å². The fourth-order valence-corrected chi connectivity index (χ4v) is 8.79. The third-order valence-electron chi connectivity index (χ3n) is 10.5. The monoisotopic (exact) mass is 466 g/mol. The van der Waals surface area contributed by atoms with Gasteiger partial charge in [0.25, 0.3) is 0 Å². The van der Waals surface area contributed by atoms with Crippen LogP contribution in [0.1, 0.15) is 82.5 Å². The molecule has 186 valence electrons. The molecule has 4 fully saturated rings. The maximum absolute atomic E-state index is 13.0. The molecule has 1 aromatic rings. The second kappa shape index (κ2) is 9.43. The number of carbonyl (C=O) groups is 1. The van der Waals surface area contributed by atoms with Gasteiger partial charge in [-0.3, -0.25) is 0 Å². The Hall–Kier alpha value is -1.65. The van der Waals surface area contributed by atoms with E-state index in [2.05, 4.69) is 26.8 Å². The molecule has 4 aliphatic carbocycles. The summed E-state index contributed by atoms with van der Waals surface area (Å²) in [6.07, 6.45) is 11.8. The van der Waals surface area contributed by atoms with Crippen molar-refractivity contribution in [3.63, 3.8) is 0 Å². The van der Waals surface area contributed by atoms with Crippen LogP contribution in [0.4, 0.5) is 0 Å². The van der Waals surface area contributed by atoms with Gasteiger partial charge in [0.05, 0.1) is 11.7 Å². The molecule has 8 atom stereocenters. The van der Waals surface area contributed by atoms with Crippen LogP contribution >= 0.6 is 0 Å². The van der Waals surface area contributed by atoms with E-state index in [0.717, 1.165) is 24.7 Å². The molecule has 0 amide bonds. The van der Waals surface area contributed by atoms with E-state index in [1.54, 1.807) is 12.7 Å². The summed E-state index contributed by atoms with van der Waals surface area (Å²) in [5.74, 6) is 2.69. The molecule has 1 aromatic carbocycles. The smallest absolute Gasteiger partial charge is 0.338 e. The van der Waals surface area contributed by atoms with Crippen molar-refractivity contribution in [1.29, 1.82) is 0 Å². The van der Waals surface area contributed by atoms with Crippen molar-refractivity contribution < 1.29 is 19.0 Å². The minimum Gasteiger partial charge on any atom is -0.456 e. The molecule has 0 bridgehead atoms. The molecular weight excluding hydrogens is 424 g/mol. The number of hydrogen-bond acceptors (Lipinski definition) is 4. The van der Waals surface area contributed by atoms with E-state index in [9.17, 15) is 4.79 Å². The molecule has 0 N–H and O–H groups in total. The summed E-state index contributed by atoms with van der Waals surface area (Å²) in [6.45, 7) is 7.54. The second-order valence-electron chi connectivity index (χ2n) is 11.8. The molecule has 0 heterocycles. The Labute approximate surface area is 205 Å². The number of hydrogen-bond donors (Lipinski definition) is 0. The van der Waals surface area contributed by atoms with E-state index < -0.39 is 0 Å². The van der Waals surface area contributed by atoms with Crippen LogP contribution in [0.2, 0.25) is 0 Å². The normalized spacial score (nSPS) is 42.5. The highest BCUT2D eigenvalue weighted by Crippen LogP contribution is 2.67. The zero-order chi connectivity index (χ0) is 23.9. The van der Waals surface area contributed by atoms with Crippen molar-refractivity contribution in [1.82, 2.24) is 0 Å². The van der Waals surface area contributed by atoms with Crippen LogP contribution in [0.15, 0.2) is 42.0 Å². The van der Waals surface area contributed by atoms with E-state index in [1.807, 2.05) is 30.3 Å². The first-order valence-electron chi connectivity index (χ1n) is 13.4. The summed E-state index contributed by atoms with van der Waals surface area (Å²) in [6, 6.07) is 9.36. The van der Waals surface area contributed by atoms with Crippen LogP contribution in [0.3, 0.4) is 0 Å². The lowest BCUT2D eigenvalue weighted by molar-refractivity contribution is -0.188. The first-order chi connectivity index (χ1) is 16.4. The van der Waals surface area contributed by atoms with Crippen LogP contribution < -0.4 is 0 Å². The number of benzene rings is 1. The third-order valence-corrected chi connectivity index (χ3v) is 10.5. The van der Waals surface area contributed by atoms with Gasteiger partial charge in [0.1, 0.15) is 12.9 Å². The quantitative estimate of drug-likeness (QED) is 0.272. The maximum Gasteiger partial charge on any atom is 0.338 e. The summed E-state index contributed by atoms with van der Waals surface area (Å²) in [5, 5.41) is 0. The highest BCUT2D eigenvalue weighted by Gasteiger charge is 2.60. The Morgan fingerprint density at radius 2 is 1.85 bits per heavy atom. The number of methoxy groups -OCH3 is 1. The summed E-state index contributed by atoms with van der Waals surface area (Å²) in [7, 11) is 1.66. The summed E-state index contributed by atoms with van der Waals surface area (Å²) < 4.78 is 17.6. The van der Waals surface area contributed by atoms with Crippen LogP contribution in [0, 0.1) is 34.5 Å². The van der Waals surface area contributed by atoms with E-state index in [4.69, 9.17) is 14.2 Å². The van der Waals surface area contributed by atoms with Gasteiger partial charge in [-0.1, -0.05) is 43.7 Å². The predicted octanol–water partition coefficient (Wildman–Crippen LogP) is 6.80. The summed E-state index contributed by atoms with van der Waals surface area (Å²) in [4.78, 5) is 13.0. The summed E-state index contributed by atoms with van der Waals surface area (Å²) >= 11 is 0. The molecular formula is C30H42O4. The number of ether oxygens (including phenoxy) is 3. The Morgan fingerprint density at radius 1 is 1.06 bits per heavy atom. The molecule has 4 saturated carbocycles. The van der Waals surface area contributed by atoms with Gasteiger partial charge in [0, 0.05) is 7.11 Å². The fourth-order valence-electron chi connectivity index (χ4n) is 8.79. The van der Waals surface area contributed by atoms with Gasteiger partial charge in [0.15, 0.2) is 0 Å². The van der Waals surface area contributed by atoms with Gasteiger partial charge in [-0.25, -0.2) is 4.79 Å². The highest BCUT2D eigenvalue weighted by molar-refractivity contribution is 5.89. The Bertz CT molecular complexity index is 910. The van der Waals surface area contributed by atoms with Crippen LogP contribution in [-0.4, -0.2) is 32.1 Å². The minimum absolute atomic E-state index is 0.0998. The first-order valence-corrected chi connectivity index (χ1v) is 13.4. The first kappa shape index (κ1) is 24.1. The van der Waals surface area contributed by atoms with Gasteiger partial charge >= 0.3 is 5.97 Å². The van der Waals surface area contributed by atoms with Crippen LogP contribution in [0.25, 0.3) is 0 Å². The molecule has 4 aliphatic rings. The zero-order valence-electron chi connectivity index (χ0n) is 21.4. The Balaban J connectivity index is 1.39. The zero-order valence-corrected chi connectivity index (χ0v) is 21.4. The third kappa shape index (κ3) is 3.95. The Morgan fingerprint density at radius 3 is 2.59 bits per heavy atom. The molecule has 0 radical (unpaired) electrons. The minimum atomic E-state index is -0.240. The lowest BCUT2D eigenvalue weighted by Crippen LogP contribution is -2.57. The maximum atomic E-state index is 13.0. The number of allylic oxidation sites excluding steroid dienone is 2. The largest absolute Gasteiger partial charge is 0.456 e. The van der Waals surface area contributed by atoms with Gasteiger partial charge in [-0.15, -0.1) is 0 Å². The lowest BCUT2D eigenvalue weighted by atomic mass is 9.44. The van der Waals surface area contributed by atoms with Crippen molar-refractivity contribution in [2.24, 2.45) is 34.5 Å². The second-order valence-corrected chi connectivity index (χ2v) is 11.8. The van der Waals surface area contributed by atoms with Crippen molar-refractivity contribution in [3.05, 3.63) is 47.5 Å². The van der Waals surface area contributed by atoms with Gasteiger partial charge in [-0.2, -0.15) is 0 Å². The summed E-state index contributed by atoms with van der Waals surface area (Å²) in [5.41, 5.74) is 2.91. The van der Waals surface area contributed by atoms with Gasteiger partial charge in [0.2, 0.25) is 0 Å². The fraction of sp³-hybridized carbons (Fsp3) is 0.700. The molecule has 4 nitrogen and oxygen atoms in total. The van der Waals surface area contributed by atoms with E-state index in [0.29, 0.717) is 22.8 Å². The van der Waals surface area contributed by atoms with E-state index >= 15 is 0 Å². The van der Waals surface area contributed by atoms with Crippen molar-refractivity contribution in [3.8, 4) is 0 Å². The molecule has 4 heteroatoms. The van der Waals surface area contributed by atoms with Gasteiger partial charge < -0.3 is 14.2 Å². The Kier molecular flexibility index (Phi) is 6.67. The average Bonchev–Trinajstić information content (AvgIpc) is 3.19. The molecule has 0 unspecified atom stereocenters. The topological polar surface area (TPSA) is 44.8 Å². The SMILES string of the molecule is C/C=C1\CC[C@H]2[C@@H]3CC[C@H]4C[C@H](OCOC)[C@@H](OC(=O)c5ccccc5)C[C@]4(C)[C@H]3CC[C@]12C. The number of esters is 1. The predicted molar refractivity (Wildman–Crippen MR) is 133 cm³/mol. The van der Waals surface area contributed by atoms with E-state index in [1.165, 1.54) is 38.5 Å². The van der Waals surface area contributed by atoms with Gasteiger partial charge in [-0.05, 0) is 105 Å². The van der Waals surface area contributed by atoms with E-state index in [-0.39, 0.29) is 30.4 Å². The molecule has 34 heavy (non-hydrogen) atoms. The lowest BCUT2D eigenvalue weighted by Gasteiger charge is -2.61. The standard InChI is InChI=1S/C30H42O4/c1-5-21-12-14-24-23-13-11-22-17-26(33-19-32-4)27(34-28(31)20-9-7-6-8-10-20)18-30(22,3)25(23)15-16-29(21,24)2/h5-10,22-27H,11-19H2,1-4H3/b21-5+/t22-,23-,24-,25-,26-,27-,29+,30-/m0/s1. The van der Waals surface area contributed by atoms with Crippen LogP contribution in [0.5, 0.6) is 0 Å². The van der Waals surface area contributed by atoms with Crippen molar-refractivity contribution >= 4 is 5.97 Å². The van der Waals surface area contributed by atoms with Crippen molar-refractivity contribution in [2.75, 3.05) is 13.9 Å². The van der Waals surface area contributed by atoms with Crippen LogP contribution in [-0.2, 0) is 14.2 Å². The average molecular weight is 467 g/mol. The molecule has 0 saturated heterocycles. The number of carbonyl (C=O) groups excluding carboxylic acids is 1. The number of fused-ring (bicyclic) bond motifs is 5. The molecule has 0 spiro atoms. The molecule has 0 aromatic heterocycles. The number of rotatable bonds is 5. The molecule has 5 rings (SSSR count).